The number of carbonyl (C=O) groups is 8. The molecule has 15 aliphatic rings. The monoisotopic (exact) mass is 1880 g/mol. The van der Waals surface area contributed by atoms with Crippen molar-refractivity contribution in [2.45, 2.75) is 354 Å². The van der Waals surface area contributed by atoms with Gasteiger partial charge < -0.3 is 77.9 Å². The number of hydrogen-bond acceptors (Lipinski definition) is 26. The number of morpholine rings is 1. The van der Waals surface area contributed by atoms with Crippen molar-refractivity contribution in [3.05, 3.63) is 0 Å². The summed E-state index contributed by atoms with van der Waals surface area (Å²) in [5.41, 5.74) is 0.975. The number of halogens is 2. The van der Waals surface area contributed by atoms with Crippen LogP contribution in [-0.2, 0) is 76.1 Å². The van der Waals surface area contributed by atoms with E-state index < -0.39 is 108 Å². The molecule has 5 heterocycles. The zero-order valence-electron chi connectivity index (χ0n) is 76.7. The molecule has 0 radical (unpaired) electrons. The summed E-state index contributed by atoms with van der Waals surface area (Å²) in [5, 5.41) is 22.0. The number of aldehydes is 2. The molecule has 700 valence electrons. The largest absolute Gasteiger partial charge is 1.00 e. The number of ketones is 2. The van der Waals surface area contributed by atoms with Gasteiger partial charge in [-0.1, -0.05) is 84.1 Å². The van der Waals surface area contributed by atoms with Gasteiger partial charge in [0.1, 0.15) is 56.4 Å². The van der Waals surface area contributed by atoms with Gasteiger partial charge in [-0.05, 0) is 257 Å². The Bertz CT molecular complexity index is 3770. The summed E-state index contributed by atoms with van der Waals surface area (Å²) in [6.07, 6.45) is 11.5. The number of hydrogen-bond donors (Lipinski definition) is 3. The molecule has 0 bridgehead atoms. The average Bonchev–Trinajstić information content (AvgIpc) is 1.46. The normalized spacial score (nSPS) is 40.4. The predicted molar refractivity (Wildman–Crippen MR) is 444 cm³/mol. The summed E-state index contributed by atoms with van der Waals surface area (Å²) >= 11 is -5.94. The Morgan fingerprint density at radius 1 is 0.585 bits per heavy atom. The Labute approximate surface area is 767 Å². The van der Waals surface area contributed by atoms with E-state index in [0.29, 0.717) is 68.2 Å². The van der Waals surface area contributed by atoms with Crippen LogP contribution < -0.4 is 69.1 Å². The van der Waals surface area contributed by atoms with Crippen LogP contribution in [0.5, 0.6) is 0 Å². The molecule has 0 aromatic rings. The summed E-state index contributed by atoms with van der Waals surface area (Å²) in [6.45, 7) is 50.4. The number of carbonyl (C=O) groups excluding carboxylic acids is 8. The van der Waals surface area contributed by atoms with Crippen molar-refractivity contribution in [3.8, 4) is 0 Å². The quantitative estimate of drug-likeness (QED) is 0.0470. The molecule has 31 heteroatoms. The van der Waals surface area contributed by atoms with Crippen LogP contribution in [0.15, 0.2) is 0 Å². The molecule has 5 saturated heterocycles. The predicted octanol–water partition coefficient (Wildman–Crippen LogP) is 3.22. The number of Topliss-reactive ketones (excluding diaryl/α,β-unsaturated/α-hetero) is 2. The average molecular weight is 1880 g/mol. The third-order valence-corrected chi connectivity index (χ3v) is 33.9. The van der Waals surface area contributed by atoms with Gasteiger partial charge in [-0.15, -0.1) is 12.4 Å². The van der Waals surface area contributed by atoms with Gasteiger partial charge in [0.2, 0.25) is 6.29 Å². The number of amides is 2. The van der Waals surface area contributed by atoms with Crippen LogP contribution in [0.2, 0.25) is 0 Å². The third kappa shape index (κ3) is 19.2. The number of ether oxygens (including phenoxy) is 10. The first kappa shape index (κ1) is 106. The molecule has 26 atom stereocenters. The van der Waals surface area contributed by atoms with Crippen LogP contribution in [0.25, 0.3) is 0 Å². The van der Waals surface area contributed by atoms with Crippen molar-refractivity contribution in [2.75, 3.05) is 65.6 Å². The van der Waals surface area contributed by atoms with E-state index in [1.165, 1.54) is 26.7 Å². The summed E-state index contributed by atoms with van der Waals surface area (Å²) in [4.78, 5) is 106. The van der Waals surface area contributed by atoms with Crippen molar-refractivity contribution in [1.29, 1.82) is 0 Å². The van der Waals surface area contributed by atoms with Gasteiger partial charge in [-0.3, -0.25) is 42.6 Å². The zero-order chi connectivity index (χ0) is 88.1. The number of likely N-dealkylation sites (tertiary alicyclic amines) is 2. The summed E-state index contributed by atoms with van der Waals surface area (Å²) in [7, 11) is 0. The molecule has 0 unspecified atom stereocenters. The van der Waals surface area contributed by atoms with Gasteiger partial charge in [0.15, 0.2) is 36.4 Å². The van der Waals surface area contributed by atoms with Gasteiger partial charge in [0.25, 0.3) is 0 Å². The third-order valence-electron chi connectivity index (χ3n) is 33.9. The van der Waals surface area contributed by atoms with Crippen LogP contribution in [-0.4, -0.2) is 223 Å². The Morgan fingerprint density at radius 3 is 1.34 bits per heavy atom. The maximum absolute atomic E-state index is 15.1. The molecule has 10 saturated carbocycles. The molecule has 2 amide bonds. The fraction of sp³-hybridized carbons (Fsp3) is 0.913. The smallest absolute Gasteiger partial charge is 0.457 e. The Morgan fingerprint density at radius 2 is 0.967 bits per heavy atom. The zero-order valence-corrected chi connectivity index (χ0v) is 81.6. The second-order valence-corrected chi connectivity index (χ2v) is 46.7. The van der Waals surface area contributed by atoms with Crippen molar-refractivity contribution in [1.82, 2.24) is 14.7 Å². The fourth-order valence-electron chi connectivity index (χ4n) is 28.8. The van der Waals surface area contributed by atoms with Crippen molar-refractivity contribution < 1.29 is 159 Å². The number of nitrogens with zero attached hydrogens (tertiary/aromatic N) is 3. The molecule has 4 N–H and O–H groups in total. The first-order valence-corrected chi connectivity index (χ1v) is 48.0. The standard InChI is InChI=1S/C45H72N2O9.C36H54O9.C9H18N2O2.2CH4.ClH.IO4.Na/c1-26-20-29(37(41(8,9)51)53-27(2)48)54-35-34(26)42(10)16-17-45-25-44(45)15-14-32(40(6,7)30(44)12-13-31(45)43(42,11)36(35)49)55-33-24-46(18-19-52-33)21-28-22-47(23-28)38(50)56-39(3,4)5;1-20-17-22(30(32(5,6)41)43-21(2)39)44-28-27(20)33(7)13-14-36-19-35(36)12-11-25(45-26(18-38)42-16-15-37)31(3,4)23(35)9-10-24(36)34(33,8)29(28)40;1-9(2,3)13-8(12)11-5-7(4-10)6-11;;;;2-1(3,4)5;/h26,28-35,37,51H,12-25H2,1-11H3;15,18,20,22-28,30,41H,9-14,16-17,19H2,1-8H3;7H,4-6,10H2,1-3H3;2*1H4;1H;;/q;;;;;;-1;+1/t26-,29-,30+,31+,32+,33+,34+,35+,37+,42-,43-,44-,45+;20-,22-,23+,24+,25+,26+,27+,28+,30+,33-,34-,35-,36+;;;;;;/m11....../s1. The van der Waals surface area contributed by atoms with Gasteiger partial charge in [0.05, 0.1) is 42.2 Å². The van der Waals surface area contributed by atoms with E-state index in [1.807, 2.05) is 41.5 Å². The van der Waals surface area contributed by atoms with Crippen molar-refractivity contribution in [3.63, 3.8) is 0 Å². The molecular formula is C92H153ClIN4NaO24. The number of esters is 2. The van der Waals surface area contributed by atoms with Crippen LogP contribution in [0.1, 0.15) is 270 Å². The topological polar surface area (TPSA) is 397 Å². The minimum atomic E-state index is -5.94. The molecule has 15 fully saturated rings. The van der Waals surface area contributed by atoms with E-state index in [0.717, 1.165) is 123 Å². The maximum atomic E-state index is 15.1. The van der Waals surface area contributed by atoms with Crippen molar-refractivity contribution in [2.24, 2.45) is 119 Å². The minimum absolute atomic E-state index is 0. The molecule has 15 rings (SSSR count). The number of aliphatic hydroxyl groups is 2. The molecule has 0 aromatic heterocycles. The van der Waals surface area contributed by atoms with Gasteiger partial charge in [0, 0.05) is 94.2 Å². The first-order chi connectivity index (χ1) is 54.8. The van der Waals surface area contributed by atoms with Gasteiger partial charge >= 0.3 is 53.7 Å². The Hall–Kier alpha value is -2.38. The van der Waals surface area contributed by atoms with Crippen LogP contribution >= 0.6 is 12.4 Å². The van der Waals surface area contributed by atoms with E-state index >= 15 is 4.79 Å². The number of rotatable bonds is 17. The summed E-state index contributed by atoms with van der Waals surface area (Å²) < 4.78 is 94.8. The molecule has 28 nitrogen and oxygen atoms in total. The molecule has 10 aliphatic carbocycles. The number of fused-ring (bicyclic) bond motifs is 8. The maximum Gasteiger partial charge on any atom is 1.00 e. The second-order valence-electron chi connectivity index (χ2n) is 44.5. The SMILES string of the molecule is C.C.CC(=O)O[C@@H]([C@H]1C[C@@H](C)[C@H]2[C@H](O1)C(=O)[C@@]1(C)[C@@H]3CC[C@H]4C(C)(C)[C@@H](O[C@@H](C=O)OCC=O)CC[C@@]45C[C@@]35CC[C@]21C)C(C)(C)O.CC(=O)O[C@@H]([C@H]1C[C@@H](C)[C@H]2[C@H](O1)C(=O)[C@@]1(C)[C@@H]3CC[C@H]4C(C)(C)[C@@H](O[C@H]5CN(CC6CN(C(=O)OC(C)(C)C)C6)CCO5)CC[C@@]45C[C@@]35CC[C@]21C)C(C)(C)O.CC(C)(C)OC(=O)N1CC(CN)C1.Cl.[Na+].[O-][I+3]([O-])([O-])[O-]. The first-order valence-electron chi connectivity index (χ1n) is 44.5. The van der Waals surface area contributed by atoms with E-state index in [4.69, 9.17) is 66.8 Å². The Kier molecular flexibility index (Phi) is 32.1. The van der Waals surface area contributed by atoms with E-state index in [2.05, 4.69) is 74.1 Å². The Balaban J connectivity index is 0.000000250. The summed E-state index contributed by atoms with van der Waals surface area (Å²) in [6, 6.07) is 0. The second kappa shape index (κ2) is 37.2. The molecule has 4 spiro atoms. The summed E-state index contributed by atoms with van der Waals surface area (Å²) in [5.74, 6) is 2.47. The van der Waals surface area contributed by atoms with E-state index in [9.17, 15) is 43.8 Å². The van der Waals surface area contributed by atoms with Crippen LogP contribution in [0.4, 0.5) is 9.59 Å². The molecule has 123 heavy (non-hydrogen) atoms. The van der Waals surface area contributed by atoms with Crippen LogP contribution in [0, 0.1) is 113 Å². The van der Waals surface area contributed by atoms with Crippen molar-refractivity contribution >= 4 is 60.7 Å². The van der Waals surface area contributed by atoms with Gasteiger partial charge in [-0.2, -0.15) is 0 Å². The molecular weight excluding hydrogens is 1730 g/mol. The molecule has 0 aromatic carbocycles. The van der Waals surface area contributed by atoms with Crippen LogP contribution in [0.3, 0.4) is 0 Å². The van der Waals surface area contributed by atoms with E-state index in [-0.39, 0.29) is 179 Å². The number of nitrogens with two attached hydrogens (primary N) is 1. The van der Waals surface area contributed by atoms with Gasteiger partial charge in [-0.25, -0.2) is 9.59 Å². The fourth-order valence-corrected chi connectivity index (χ4v) is 28.8. The molecule has 5 aliphatic heterocycles. The minimum Gasteiger partial charge on any atom is -0.457 e. The van der Waals surface area contributed by atoms with E-state index in [1.54, 1.807) is 37.5 Å².